The van der Waals surface area contributed by atoms with Gasteiger partial charge in [0.25, 0.3) is 5.91 Å². The van der Waals surface area contributed by atoms with Gasteiger partial charge in [-0.2, -0.15) is 0 Å². The summed E-state index contributed by atoms with van der Waals surface area (Å²) in [6.45, 7) is 6.44. The summed E-state index contributed by atoms with van der Waals surface area (Å²) in [4.78, 5) is 34.3. The van der Waals surface area contributed by atoms with Crippen LogP contribution in [0.3, 0.4) is 0 Å². The molecular formula is C39H51N7O2. The standard InChI is InChI=1S/C39H51N7O2/c47-35-9-5-4-8-33(35)38(48)44-26-31(25-36-40-17-18-41-36)34(37-42-19-20-43-37)24-29-10-12-30(13-11-29)27-45-21-14-39(28-45)15-22-46(23-16-39)32-6-2-1-3-7-32/h4-5,8-13,17-20,31-32,34,47H,1-3,6-7,14-16,21-28H2,(H,40,41)(H,42,43)(H,44,48). The molecule has 4 N–H and O–H groups in total. The molecule has 2 aromatic heterocycles. The van der Waals surface area contributed by atoms with E-state index in [2.05, 4.69) is 59.3 Å². The molecule has 0 radical (unpaired) electrons. The first kappa shape index (κ1) is 32.6. The van der Waals surface area contributed by atoms with Crippen LogP contribution < -0.4 is 5.32 Å². The third-order valence-electron chi connectivity index (χ3n) is 11.5. The summed E-state index contributed by atoms with van der Waals surface area (Å²) in [7, 11) is 0. The lowest BCUT2D eigenvalue weighted by atomic mass is 9.77. The van der Waals surface area contributed by atoms with Crippen molar-refractivity contribution in [2.45, 2.75) is 82.7 Å². The molecule has 2 saturated heterocycles. The van der Waals surface area contributed by atoms with Gasteiger partial charge in [-0.15, -0.1) is 0 Å². The number of imidazole rings is 2. The number of aromatic amines is 2. The third kappa shape index (κ3) is 7.84. The number of amides is 1. The van der Waals surface area contributed by atoms with E-state index in [4.69, 9.17) is 0 Å². The van der Waals surface area contributed by atoms with Crippen LogP contribution in [-0.4, -0.2) is 79.5 Å². The van der Waals surface area contributed by atoms with Gasteiger partial charge in [0, 0.05) is 62.8 Å². The number of nitrogens with one attached hydrogen (secondary N) is 3. The first-order chi connectivity index (χ1) is 23.5. The number of aromatic nitrogens is 4. The molecule has 1 spiro atoms. The lowest BCUT2D eigenvalue weighted by molar-refractivity contribution is 0.0615. The van der Waals surface area contributed by atoms with Gasteiger partial charge in [-0.3, -0.25) is 9.69 Å². The Morgan fingerprint density at radius 1 is 0.896 bits per heavy atom. The zero-order chi connectivity index (χ0) is 32.8. The highest BCUT2D eigenvalue weighted by atomic mass is 16.3. The average Bonchev–Trinajstić information content (AvgIpc) is 3.91. The van der Waals surface area contributed by atoms with E-state index >= 15 is 0 Å². The van der Waals surface area contributed by atoms with Gasteiger partial charge < -0.3 is 25.3 Å². The fraction of sp³-hybridized carbons (Fsp3) is 0.513. The number of aromatic hydroxyl groups is 1. The minimum absolute atomic E-state index is 0.00195. The molecule has 2 aliphatic heterocycles. The molecule has 9 heteroatoms. The molecule has 48 heavy (non-hydrogen) atoms. The number of carbonyl (C=O) groups excluding carboxylic acids is 1. The van der Waals surface area contributed by atoms with Gasteiger partial charge in [0.2, 0.25) is 0 Å². The molecule has 0 bridgehead atoms. The smallest absolute Gasteiger partial charge is 0.255 e. The van der Waals surface area contributed by atoms with Crippen molar-refractivity contribution >= 4 is 5.91 Å². The number of rotatable bonds is 12. The summed E-state index contributed by atoms with van der Waals surface area (Å²) < 4.78 is 0. The fourth-order valence-electron chi connectivity index (χ4n) is 8.64. The normalized spacial score (nSPS) is 20.2. The van der Waals surface area contributed by atoms with Gasteiger partial charge in [0.05, 0.1) is 5.56 Å². The third-order valence-corrected chi connectivity index (χ3v) is 11.5. The van der Waals surface area contributed by atoms with Crippen molar-refractivity contribution in [3.8, 4) is 5.75 Å². The number of phenols is 1. The first-order valence-corrected chi connectivity index (χ1v) is 18.1. The van der Waals surface area contributed by atoms with Crippen LogP contribution in [-0.2, 0) is 19.4 Å². The van der Waals surface area contributed by atoms with E-state index in [1.54, 1.807) is 30.6 Å². The zero-order valence-corrected chi connectivity index (χ0v) is 28.1. The molecule has 3 fully saturated rings. The molecule has 7 rings (SSSR count). The number of likely N-dealkylation sites (tertiary alicyclic amines) is 2. The van der Waals surface area contributed by atoms with Crippen LogP contribution >= 0.6 is 0 Å². The number of piperidine rings is 1. The minimum Gasteiger partial charge on any atom is -0.507 e. The molecule has 2 atom stereocenters. The molecular weight excluding hydrogens is 598 g/mol. The minimum atomic E-state index is -0.293. The van der Waals surface area contributed by atoms with Crippen molar-refractivity contribution in [3.05, 3.63) is 102 Å². The molecule has 1 amide bonds. The highest BCUT2D eigenvalue weighted by Crippen LogP contribution is 2.42. The Bertz CT molecular complexity index is 1570. The average molecular weight is 650 g/mol. The van der Waals surface area contributed by atoms with Gasteiger partial charge in [-0.25, -0.2) is 9.97 Å². The van der Waals surface area contributed by atoms with E-state index in [1.807, 2.05) is 12.4 Å². The molecule has 4 heterocycles. The lowest BCUT2D eigenvalue weighted by Gasteiger charge is -2.43. The van der Waals surface area contributed by atoms with Gasteiger partial charge in [0.15, 0.2) is 0 Å². The Hall–Kier alpha value is -3.95. The van der Waals surface area contributed by atoms with Gasteiger partial charge in [-0.1, -0.05) is 55.7 Å². The SMILES string of the molecule is O=C(NCC(Cc1ncc[nH]1)C(Cc1ccc(CN2CCC3(CCN(C4CCCCC4)CC3)C2)cc1)c1ncc[nH]1)c1ccccc1O. The van der Waals surface area contributed by atoms with Crippen LogP contribution in [0.1, 0.15) is 90.4 Å². The van der Waals surface area contributed by atoms with Crippen LogP contribution in [0.5, 0.6) is 5.75 Å². The molecule has 2 unspecified atom stereocenters. The molecule has 1 saturated carbocycles. The van der Waals surface area contributed by atoms with Gasteiger partial charge >= 0.3 is 0 Å². The van der Waals surface area contributed by atoms with Gasteiger partial charge in [0.1, 0.15) is 17.4 Å². The maximum Gasteiger partial charge on any atom is 0.255 e. The van der Waals surface area contributed by atoms with E-state index in [0.29, 0.717) is 18.4 Å². The van der Waals surface area contributed by atoms with Crippen molar-refractivity contribution in [1.82, 2.24) is 35.1 Å². The number of hydrogen-bond acceptors (Lipinski definition) is 6. The van der Waals surface area contributed by atoms with Crippen LogP contribution in [0.25, 0.3) is 0 Å². The highest BCUT2D eigenvalue weighted by molar-refractivity contribution is 5.96. The molecule has 4 aromatic rings. The Morgan fingerprint density at radius 3 is 2.35 bits per heavy atom. The molecule has 9 nitrogen and oxygen atoms in total. The predicted octanol–water partition coefficient (Wildman–Crippen LogP) is 6.07. The van der Waals surface area contributed by atoms with Crippen molar-refractivity contribution in [2.24, 2.45) is 11.3 Å². The number of para-hydroxylation sites is 1. The van der Waals surface area contributed by atoms with Crippen LogP contribution in [0, 0.1) is 11.3 Å². The topological polar surface area (TPSA) is 113 Å². The van der Waals surface area contributed by atoms with E-state index in [0.717, 1.165) is 30.7 Å². The second kappa shape index (κ2) is 15.1. The Balaban J connectivity index is 0.987. The van der Waals surface area contributed by atoms with Crippen molar-refractivity contribution < 1.29 is 9.90 Å². The number of H-pyrrole nitrogens is 2. The Labute approximate surface area is 284 Å². The van der Waals surface area contributed by atoms with Crippen molar-refractivity contribution in [1.29, 1.82) is 0 Å². The van der Waals surface area contributed by atoms with E-state index in [-0.39, 0.29) is 29.1 Å². The molecule has 1 aliphatic carbocycles. The summed E-state index contributed by atoms with van der Waals surface area (Å²) in [5.41, 5.74) is 3.39. The quantitative estimate of drug-likeness (QED) is 0.148. The van der Waals surface area contributed by atoms with Crippen molar-refractivity contribution in [3.63, 3.8) is 0 Å². The van der Waals surface area contributed by atoms with E-state index in [9.17, 15) is 9.90 Å². The Kier molecular flexibility index (Phi) is 10.2. The first-order valence-electron chi connectivity index (χ1n) is 18.1. The van der Waals surface area contributed by atoms with Crippen LogP contribution in [0.2, 0.25) is 0 Å². The van der Waals surface area contributed by atoms with Crippen LogP contribution in [0.4, 0.5) is 0 Å². The highest BCUT2D eigenvalue weighted by Gasteiger charge is 2.41. The number of benzene rings is 2. The summed E-state index contributed by atoms with van der Waals surface area (Å²) in [6, 6.07) is 16.6. The van der Waals surface area contributed by atoms with Crippen LogP contribution in [0.15, 0.2) is 73.3 Å². The lowest BCUT2D eigenvalue weighted by Crippen LogP contribution is -2.46. The fourth-order valence-corrected chi connectivity index (χ4v) is 8.64. The monoisotopic (exact) mass is 649 g/mol. The maximum absolute atomic E-state index is 13.1. The molecule has 254 valence electrons. The summed E-state index contributed by atoms with van der Waals surface area (Å²) in [5.74, 6) is 1.46. The van der Waals surface area contributed by atoms with E-state index < -0.39 is 0 Å². The summed E-state index contributed by atoms with van der Waals surface area (Å²) in [6.07, 6.45) is 19.8. The van der Waals surface area contributed by atoms with Crippen molar-refractivity contribution in [2.75, 3.05) is 32.7 Å². The second-order valence-electron chi connectivity index (χ2n) is 14.6. The summed E-state index contributed by atoms with van der Waals surface area (Å²) >= 11 is 0. The van der Waals surface area contributed by atoms with E-state index in [1.165, 1.54) is 94.7 Å². The number of hydrogen-bond donors (Lipinski definition) is 4. The number of nitrogens with zero attached hydrogens (tertiary/aromatic N) is 4. The number of carbonyl (C=O) groups is 1. The summed E-state index contributed by atoms with van der Waals surface area (Å²) in [5, 5.41) is 13.3. The zero-order valence-electron chi connectivity index (χ0n) is 28.1. The number of phenolic OH excluding ortho intramolecular Hbond substituents is 1. The van der Waals surface area contributed by atoms with Gasteiger partial charge in [-0.05, 0) is 92.8 Å². The molecule has 3 aliphatic rings. The second-order valence-corrected chi connectivity index (χ2v) is 14.6. The Morgan fingerprint density at radius 2 is 1.62 bits per heavy atom. The maximum atomic E-state index is 13.1. The largest absolute Gasteiger partial charge is 0.507 e. The molecule has 2 aromatic carbocycles. The predicted molar refractivity (Wildman–Crippen MR) is 188 cm³/mol.